The Morgan fingerprint density at radius 3 is 2.06 bits per heavy atom. The molecule has 0 bridgehead atoms. The topological polar surface area (TPSA) is 66.5 Å². The molecule has 0 aromatic heterocycles. The molecule has 1 aliphatic rings. The van der Waals surface area contributed by atoms with Gasteiger partial charge in [-0.1, -0.05) is 17.7 Å². The Hall–Kier alpha value is -3.65. The van der Waals surface area contributed by atoms with Gasteiger partial charge in [-0.3, -0.25) is 4.79 Å². The lowest BCUT2D eigenvalue weighted by molar-refractivity contribution is 0.0691. The number of carbonyl (C=O) groups excluding carboxylic acids is 1. The molecule has 0 radical (unpaired) electrons. The number of halogens is 2. The highest BCUT2D eigenvalue weighted by Gasteiger charge is 2.37. The number of amides is 1. The van der Waals surface area contributed by atoms with Crippen molar-refractivity contribution in [2.24, 2.45) is 0 Å². The van der Waals surface area contributed by atoms with Crippen LogP contribution in [0.2, 0.25) is 5.02 Å². The van der Waals surface area contributed by atoms with E-state index in [4.69, 9.17) is 35.3 Å². The Morgan fingerprint density at radius 2 is 1.50 bits per heavy atom. The Labute approximate surface area is 214 Å². The summed E-state index contributed by atoms with van der Waals surface area (Å²) in [4.78, 5) is 15.6. The van der Waals surface area contributed by atoms with Crippen molar-refractivity contribution in [2.75, 3.05) is 42.1 Å². The lowest BCUT2D eigenvalue weighted by atomic mass is 9.86. The zero-order valence-corrected chi connectivity index (χ0v) is 21.4. The molecule has 190 valence electrons. The summed E-state index contributed by atoms with van der Waals surface area (Å²) >= 11 is 6.52. The van der Waals surface area contributed by atoms with Gasteiger partial charge in [-0.05, 0) is 53.9 Å². The molecular weight excluding hydrogens is 489 g/mol. The number of hydrogen-bond donors (Lipinski definition) is 0. The number of carbonyl (C=O) groups is 1. The molecule has 0 unspecified atom stereocenters. The number of fused-ring (bicyclic) bond motifs is 1. The van der Waals surface area contributed by atoms with Crippen LogP contribution in [0.3, 0.4) is 0 Å². The van der Waals surface area contributed by atoms with Crippen LogP contribution in [-0.4, -0.2) is 52.9 Å². The van der Waals surface area contributed by atoms with E-state index >= 15 is 4.39 Å². The summed E-state index contributed by atoms with van der Waals surface area (Å²) in [6.07, 6.45) is 0.522. The summed E-state index contributed by atoms with van der Waals surface area (Å²) in [6, 6.07) is 10.4. The first-order valence-electron chi connectivity index (χ1n) is 11.2. The minimum atomic E-state index is -0.811. The molecule has 1 heterocycles. The molecule has 3 aromatic carbocycles. The second-order valence-electron chi connectivity index (χ2n) is 8.11. The first kappa shape index (κ1) is 25.4. The highest BCUT2D eigenvalue weighted by molar-refractivity contribution is 6.31. The van der Waals surface area contributed by atoms with Crippen molar-refractivity contribution < 1.29 is 32.9 Å². The van der Waals surface area contributed by atoms with Gasteiger partial charge in [0.2, 0.25) is 5.75 Å². The zero-order valence-electron chi connectivity index (χ0n) is 20.7. The third kappa shape index (κ3) is 4.37. The molecule has 0 fully saturated rings. The maximum Gasteiger partial charge on any atom is 0.254 e. The van der Waals surface area contributed by atoms with Gasteiger partial charge in [0.15, 0.2) is 23.0 Å². The number of methoxy groups -OCH3 is 5. The van der Waals surface area contributed by atoms with Gasteiger partial charge in [0, 0.05) is 22.7 Å². The van der Waals surface area contributed by atoms with E-state index in [1.54, 1.807) is 36.3 Å². The Kier molecular flexibility index (Phi) is 7.45. The first-order valence-corrected chi connectivity index (χ1v) is 11.6. The average Bonchev–Trinajstić information content (AvgIpc) is 2.90. The molecule has 36 heavy (non-hydrogen) atoms. The molecule has 0 spiro atoms. The maximum atomic E-state index is 15.3. The molecule has 9 heteroatoms. The predicted octanol–water partition coefficient (Wildman–Crippen LogP) is 5.31. The molecule has 4 rings (SSSR count). The predicted molar refractivity (Wildman–Crippen MR) is 134 cm³/mol. The Morgan fingerprint density at radius 1 is 0.889 bits per heavy atom. The van der Waals surface area contributed by atoms with E-state index in [1.807, 2.05) is 6.07 Å². The summed E-state index contributed by atoms with van der Waals surface area (Å²) in [6.45, 7) is 0.313. The summed E-state index contributed by atoms with van der Waals surface area (Å²) in [7, 11) is 7.52. The molecule has 0 aliphatic carbocycles. The highest BCUT2D eigenvalue weighted by Crippen LogP contribution is 2.45. The van der Waals surface area contributed by atoms with Crippen molar-refractivity contribution in [3.8, 4) is 28.7 Å². The van der Waals surface area contributed by atoms with Crippen LogP contribution in [0.4, 0.5) is 4.39 Å². The monoisotopic (exact) mass is 515 g/mol. The number of nitrogens with zero attached hydrogens (tertiary/aromatic N) is 1. The molecule has 0 saturated heterocycles. The van der Waals surface area contributed by atoms with Crippen LogP contribution < -0.4 is 23.7 Å². The van der Waals surface area contributed by atoms with Crippen molar-refractivity contribution in [1.82, 2.24) is 4.90 Å². The molecule has 0 N–H and O–H groups in total. The molecule has 1 amide bonds. The number of ether oxygens (including phenoxy) is 5. The van der Waals surface area contributed by atoms with E-state index in [0.29, 0.717) is 52.8 Å². The zero-order chi connectivity index (χ0) is 26.0. The van der Waals surface area contributed by atoms with Crippen molar-refractivity contribution >= 4 is 17.5 Å². The van der Waals surface area contributed by atoms with Gasteiger partial charge in [-0.15, -0.1) is 0 Å². The third-order valence-corrected chi connectivity index (χ3v) is 6.65. The Bertz CT molecular complexity index is 1250. The highest BCUT2D eigenvalue weighted by atomic mass is 35.5. The first-order chi connectivity index (χ1) is 17.4. The van der Waals surface area contributed by atoms with E-state index < -0.39 is 11.9 Å². The minimum absolute atomic E-state index is 0.202. The van der Waals surface area contributed by atoms with Crippen molar-refractivity contribution in [2.45, 2.75) is 12.5 Å². The molecule has 0 saturated carbocycles. The standard InChI is InChI=1S/C27H27ClFNO6/c1-32-20-11-15-9-10-30(27(31)16-12-22(34-3)26(36-5)23(13-16)35-4)25(17(15)14-21(20)33-2)24-18(28)7-6-8-19(24)29/h6-8,11-14,25H,9-10H2,1-5H3/t25-/m1/s1. The fourth-order valence-electron chi connectivity index (χ4n) is 4.62. The van der Waals surface area contributed by atoms with E-state index in [1.165, 1.54) is 40.6 Å². The van der Waals surface area contributed by atoms with Crippen molar-refractivity contribution in [3.05, 3.63) is 75.6 Å². The maximum absolute atomic E-state index is 15.3. The van der Waals surface area contributed by atoms with Crippen LogP contribution in [0.25, 0.3) is 0 Å². The van der Waals surface area contributed by atoms with Crippen LogP contribution in [0.15, 0.2) is 42.5 Å². The van der Waals surface area contributed by atoms with E-state index in [9.17, 15) is 4.79 Å². The normalized spacial score (nSPS) is 14.6. The van der Waals surface area contributed by atoms with E-state index in [0.717, 1.165) is 5.56 Å². The lowest BCUT2D eigenvalue weighted by Crippen LogP contribution is -2.41. The summed E-state index contributed by atoms with van der Waals surface area (Å²) < 4.78 is 42.5. The van der Waals surface area contributed by atoms with Gasteiger partial charge in [0.1, 0.15) is 5.82 Å². The number of benzene rings is 3. The van der Waals surface area contributed by atoms with Crippen LogP contribution in [-0.2, 0) is 6.42 Å². The van der Waals surface area contributed by atoms with Crippen molar-refractivity contribution in [1.29, 1.82) is 0 Å². The third-order valence-electron chi connectivity index (χ3n) is 6.32. The molecule has 7 nitrogen and oxygen atoms in total. The van der Waals surface area contributed by atoms with Crippen LogP contribution in [0.5, 0.6) is 28.7 Å². The van der Waals surface area contributed by atoms with Gasteiger partial charge < -0.3 is 28.6 Å². The lowest BCUT2D eigenvalue weighted by Gasteiger charge is -2.38. The second kappa shape index (κ2) is 10.5. The number of hydrogen-bond acceptors (Lipinski definition) is 6. The van der Waals surface area contributed by atoms with Crippen LogP contribution >= 0.6 is 11.6 Å². The van der Waals surface area contributed by atoms with Crippen LogP contribution in [0, 0.1) is 5.82 Å². The molecular formula is C27H27ClFNO6. The minimum Gasteiger partial charge on any atom is -0.493 e. The van der Waals surface area contributed by atoms with Crippen molar-refractivity contribution in [3.63, 3.8) is 0 Å². The summed E-state index contributed by atoms with van der Waals surface area (Å²) in [5, 5.41) is 0.213. The average molecular weight is 516 g/mol. The van der Waals surface area contributed by atoms with Crippen LogP contribution in [0.1, 0.15) is 33.1 Å². The second-order valence-corrected chi connectivity index (χ2v) is 8.51. The SMILES string of the molecule is COc1cc2c(cc1OC)[C@H](c1c(F)cccc1Cl)N(C(=O)c1cc(OC)c(OC)c(OC)c1)CC2. The fourth-order valence-corrected chi connectivity index (χ4v) is 4.88. The largest absolute Gasteiger partial charge is 0.493 e. The fraction of sp³-hybridized carbons (Fsp3) is 0.296. The Balaban J connectivity index is 1.91. The van der Waals surface area contributed by atoms with Gasteiger partial charge in [-0.25, -0.2) is 4.39 Å². The van der Waals surface area contributed by atoms with Gasteiger partial charge in [-0.2, -0.15) is 0 Å². The smallest absolute Gasteiger partial charge is 0.254 e. The van der Waals surface area contributed by atoms with Gasteiger partial charge in [0.25, 0.3) is 5.91 Å². The molecule has 1 atom stereocenters. The summed E-state index contributed by atoms with van der Waals surface area (Å²) in [5.41, 5.74) is 2.11. The van der Waals surface area contributed by atoms with E-state index in [-0.39, 0.29) is 16.5 Å². The summed E-state index contributed by atoms with van der Waals surface area (Å²) in [5.74, 6) is 1.20. The van der Waals surface area contributed by atoms with Gasteiger partial charge >= 0.3 is 0 Å². The van der Waals surface area contributed by atoms with E-state index in [2.05, 4.69) is 0 Å². The van der Waals surface area contributed by atoms with Gasteiger partial charge in [0.05, 0.1) is 41.6 Å². The number of rotatable bonds is 7. The molecule has 3 aromatic rings. The quantitative estimate of drug-likeness (QED) is 0.425. The molecule has 1 aliphatic heterocycles.